The van der Waals surface area contributed by atoms with Crippen molar-refractivity contribution >= 4 is 11.5 Å². The summed E-state index contributed by atoms with van der Waals surface area (Å²) in [6.07, 6.45) is 5.36. The number of carbonyl (C=O) groups is 1. The minimum absolute atomic E-state index is 0.0454. The summed E-state index contributed by atoms with van der Waals surface area (Å²) >= 11 is 0. The third-order valence-corrected chi connectivity index (χ3v) is 2.56. The predicted octanol–water partition coefficient (Wildman–Crippen LogP) is 1.65. The molecule has 0 amide bonds. The van der Waals surface area contributed by atoms with Gasteiger partial charge in [0.1, 0.15) is 0 Å². The number of hydrogen-bond donors (Lipinski definition) is 0. The maximum absolute atomic E-state index is 11.4. The average molecular weight is 191 g/mol. The van der Waals surface area contributed by atoms with Crippen LogP contribution in [0.1, 0.15) is 19.8 Å². The number of aliphatic imine (C=N–C) groups is 1. The number of nitrogens with zero attached hydrogens (tertiary/aromatic N) is 1. The number of ketones is 1. The summed E-state index contributed by atoms with van der Waals surface area (Å²) in [6.45, 7) is 2.08. The standard InChI is InChI=1S/C11H13NO2/c1-7-3-4-8-5-10(13)11(14-2)6-9(8)12-7/h5-7H,3-4H2,1-2H3. The van der Waals surface area contributed by atoms with Gasteiger partial charge in [0.25, 0.3) is 0 Å². The largest absolute Gasteiger partial charge is 0.493 e. The molecular formula is C11H13NO2. The van der Waals surface area contributed by atoms with E-state index in [4.69, 9.17) is 4.74 Å². The topological polar surface area (TPSA) is 38.7 Å². The van der Waals surface area contributed by atoms with Gasteiger partial charge in [0.2, 0.25) is 5.78 Å². The van der Waals surface area contributed by atoms with Crippen molar-refractivity contribution in [1.29, 1.82) is 0 Å². The van der Waals surface area contributed by atoms with Gasteiger partial charge >= 0.3 is 0 Å². The van der Waals surface area contributed by atoms with Gasteiger partial charge in [-0.2, -0.15) is 0 Å². The number of methoxy groups -OCH3 is 1. The van der Waals surface area contributed by atoms with Gasteiger partial charge < -0.3 is 4.74 Å². The molecule has 2 rings (SSSR count). The fraction of sp³-hybridized carbons (Fsp3) is 0.455. The Morgan fingerprint density at radius 2 is 2.29 bits per heavy atom. The van der Waals surface area contributed by atoms with Crippen LogP contribution in [0.3, 0.4) is 0 Å². The zero-order chi connectivity index (χ0) is 10.1. The lowest BCUT2D eigenvalue weighted by Gasteiger charge is -2.21. The molecule has 14 heavy (non-hydrogen) atoms. The van der Waals surface area contributed by atoms with Crippen molar-refractivity contribution in [1.82, 2.24) is 0 Å². The van der Waals surface area contributed by atoms with Gasteiger partial charge in [-0.05, 0) is 31.4 Å². The van der Waals surface area contributed by atoms with Crippen LogP contribution in [0.5, 0.6) is 0 Å². The van der Waals surface area contributed by atoms with Crippen molar-refractivity contribution in [2.45, 2.75) is 25.8 Å². The van der Waals surface area contributed by atoms with Crippen LogP contribution >= 0.6 is 0 Å². The summed E-state index contributed by atoms with van der Waals surface area (Å²) < 4.78 is 4.97. The fourth-order valence-corrected chi connectivity index (χ4v) is 1.74. The molecule has 1 aliphatic carbocycles. The first kappa shape index (κ1) is 9.19. The van der Waals surface area contributed by atoms with E-state index in [1.807, 2.05) is 0 Å². The Bertz CT molecular complexity index is 363. The van der Waals surface area contributed by atoms with Crippen LogP contribution in [-0.4, -0.2) is 24.6 Å². The third-order valence-electron chi connectivity index (χ3n) is 2.56. The first-order valence-corrected chi connectivity index (χ1v) is 4.79. The summed E-state index contributed by atoms with van der Waals surface area (Å²) in [5, 5.41) is 0. The van der Waals surface area contributed by atoms with Gasteiger partial charge in [0.15, 0.2) is 5.76 Å². The quantitative estimate of drug-likeness (QED) is 0.591. The number of carbonyl (C=O) groups excluding carboxylic acids is 1. The Morgan fingerprint density at radius 1 is 1.50 bits per heavy atom. The van der Waals surface area contributed by atoms with E-state index in [-0.39, 0.29) is 5.78 Å². The van der Waals surface area contributed by atoms with Gasteiger partial charge in [-0.3, -0.25) is 9.79 Å². The van der Waals surface area contributed by atoms with Crippen molar-refractivity contribution in [3.63, 3.8) is 0 Å². The molecule has 2 aliphatic rings. The van der Waals surface area contributed by atoms with Crippen LogP contribution in [0.2, 0.25) is 0 Å². The highest BCUT2D eigenvalue weighted by Crippen LogP contribution is 2.24. The van der Waals surface area contributed by atoms with E-state index in [1.54, 1.807) is 12.2 Å². The lowest BCUT2D eigenvalue weighted by Crippen LogP contribution is -2.20. The third kappa shape index (κ3) is 1.50. The van der Waals surface area contributed by atoms with Crippen molar-refractivity contribution in [3.8, 4) is 0 Å². The second-order valence-corrected chi connectivity index (χ2v) is 3.65. The SMILES string of the molecule is COC1=CC2=NC(C)CCC2=CC1=O. The predicted molar refractivity (Wildman–Crippen MR) is 54.3 cm³/mol. The van der Waals surface area contributed by atoms with E-state index < -0.39 is 0 Å². The molecule has 0 fully saturated rings. The maximum Gasteiger partial charge on any atom is 0.220 e. The molecule has 3 heteroatoms. The zero-order valence-corrected chi connectivity index (χ0v) is 8.41. The minimum Gasteiger partial charge on any atom is -0.493 e. The van der Waals surface area contributed by atoms with Gasteiger partial charge in [0, 0.05) is 12.1 Å². The van der Waals surface area contributed by atoms with Crippen LogP contribution in [0.4, 0.5) is 0 Å². The van der Waals surface area contributed by atoms with E-state index in [9.17, 15) is 4.79 Å². The number of fused-ring (bicyclic) bond motifs is 1. The van der Waals surface area contributed by atoms with Gasteiger partial charge in [-0.15, -0.1) is 0 Å². The zero-order valence-electron chi connectivity index (χ0n) is 8.41. The molecule has 1 atom stereocenters. The highest BCUT2D eigenvalue weighted by Gasteiger charge is 2.22. The van der Waals surface area contributed by atoms with Crippen LogP contribution in [0.15, 0.2) is 28.5 Å². The van der Waals surface area contributed by atoms with Gasteiger partial charge in [0.05, 0.1) is 12.8 Å². The molecule has 1 unspecified atom stereocenters. The van der Waals surface area contributed by atoms with Gasteiger partial charge in [-0.25, -0.2) is 0 Å². The number of ether oxygens (including phenoxy) is 1. The second kappa shape index (κ2) is 3.40. The monoisotopic (exact) mass is 191 g/mol. The minimum atomic E-state index is -0.0454. The van der Waals surface area contributed by atoms with Crippen molar-refractivity contribution in [3.05, 3.63) is 23.5 Å². The summed E-state index contributed by atoms with van der Waals surface area (Å²) in [6, 6.07) is 0.352. The first-order valence-electron chi connectivity index (χ1n) is 4.79. The molecule has 0 saturated carbocycles. The second-order valence-electron chi connectivity index (χ2n) is 3.65. The van der Waals surface area contributed by atoms with E-state index in [2.05, 4.69) is 11.9 Å². The lowest BCUT2D eigenvalue weighted by atomic mass is 9.93. The van der Waals surface area contributed by atoms with Crippen LogP contribution in [0, 0.1) is 0 Å². The summed E-state index contributed by atoms with van der Waals surface area (Å²) in [7, 11) is 1.51. The number of rotatable bonds is 1. The smallest absolute Gasteiger partial charge is 0.220 e. The normalized spacial score (nSPS) is 26.0. The Hall–Kier alpha value is -1.38. The fourth-order valence-electron chi connectivity index (χ4n) is 1.74. The van der Waals surface area contributed by atoms with Gasteiger partial charge in [-0.1, -0.05) is 0 Å². The van der Waals surface area contributed by atoms with E-state index in [1.165, 1.54) is 7.11 Å². The van der Waals surface area contributed by atoms with E-state index >= 15 is 0 Å². The Balaban J connectivity index is 2.37. The summed E-state index contributed by atoms with van der Waals surface area (Å²) in [4.78, 5) is 15.9. The number of hydrogen-bond acceptors (Lipinski definition) is 3. The van der Waals surface area contributed by atoms with E-state index in [0.717, 1.165) is 24.1 Å². The molecule has 1 heterocycles. The van der Waals surface area contributed by atoms with Crippen molar-refractivity contribution in [2.75, 3.05) is 7.11 Å². The number of allylic oxidation sites excluding steroid dienone is 3. The molecule has 0 saturated heterocycles. The highest BCUT2D eigenvalue weighted by atomic mass is 16.5. The molecule has 0 aromatic carbocycles. The Morgan fingerprint density at radius 3 is 3.00 bits per heavy atom. The van der Waals surface area contributed by atoms with Crippen LogP contribution in [-0.2, 0) is 9.53 Å². The molecule has 0 bridgehead atoms. The lowest BCUT2D eigenvalue weighted by molar-refractivity contribution is -0.114. The molecular weight excluding hydrogens is 178 g/mol. The van der Waals surface area contributed by atoms with Crippen LogP contribution in [0.25, 0.3) is 0 Å². The van der Waals surface area contributed by atoms with Crippen LogP contribution < -0.4 is 0 Å². The molecule has 0 aromatic rings. The van der Waals surface area contributed by atoms with Crippen molar-refractivity contribution < 1.29 is 9.53 Å². The highest BCUT2D eigenvalue weighted by molar-refractivity contribution is 6.21. The molecule has 74 valence electrons. The first-order chi connectivity index (χ1) is 6.70. The molecule has 0 spiro atoms. The van der Waals surface area contributed by atoms with Crippen molar-refractivity contribution in [2.24, 2.45) is 4.99 Å². The molecule has 0 radical (unpaired) electrons. The molecule has 0 aromatic heterocycles. The van der Waals surface area contributed by atoms with E-state index in [0.29, 0.717) is 11.8 Å². The Labute approximate surface area is 83.2 Å². The molecule has 0 N–H and O–H groups in total. The summed E-state index contributed by atoms with van der Waals surface area (Å²) in [5.41, 5.74) is 1.97. The maximum atomic E-state index is 11.4. The molecule has 3 nitrogen and oxygen atoms in total. The average Bonchev–Trinajstić information content (AvgIpc) is 2.17. The Kier molecular flexibility index (Phi) is 2.23. The summed E-state index contributed by atoms with van der Waals surface area (Å²) in [5.74, 6) is 0.345. The molecule has 1 aliphatic heterocycles.